The van der Waals surface area contributed by atoms with Crippen molar-refractivity contribution in [3.8, 4) is 5.75 Å². The summed E-state index contributed by atoms with van der Waals surface area (Å²) in [5, 5.41) is 13.6. The summed E-state index contributed by atoms with van der Waals surface area (Å²) in [5.41, 5.74) is 1.06. The molecule has 21 heavy (non-hydrogen) atoms. The van der Waals surface area contributed by atoms with Gasteiger partial charge in [0.05, 0.1) is 17.6 Å². The summed E-state index contributed by atoms with van der Waals surface area (Å²) >= 11 is 0. The molecule has 0 aliphatic carbocycles. The average molecular weight is 290 g/mol. The zero-order valence-electron chi connectivity index (χ0n) is 11.5. The molecule has 0 spiro atoms. The Labute approximate surface area is 121 Å². The molecule has 2 aromatic carbocycles. The van der Waals surface area contributed by atoms with Crippen LogP contribution in [0, 0.1) is 15.9 Å². The Balaban J connectivity index is 2.04. The molecule has 5 nitrogen and oxygen atoms in total. The monoisotopic (exact) mass is 290 g/mol. The van der Waals surface area contributed by atoms with Crippen LogP contribution in [-0.2, 0) is 6.54 Å². The predicted molar refractivity (Wildman–Crippen MR) is 78.0 cm³/mol. The maximum absolute atomic E-state index is 13.3. The fourth-order valence-electron chi connectivity index (χ4n) is 1.86. The van der Waals surface area contributed by atoms with Gasteiger partial charge in [0.2, 0.25) is 0 Å². The highest BCUT2D eigenvalue weighted by molar-refractivity contribution is 5.51. The standard InChI is InChI=1S/C15H15FN2O3/c1-2-21-15-5-3-11(4-6-15)10-17-13-7-12(16)8-14(9-13)18(19)20/h3-9,17H,2,10H2,1H3. The van der Waals surface area contributed by atoms with Gasteiger partial charge in [-0.1, -0.05) is 12.1 Å². The van der Waals surface area contributed by atoms with Gasteiger partial charge in [0.25, 0.3) is 5.69 Å². The van der Waals surface area contributed by atoms with Crippen LogP contribution in [0.3, 0.4) is 0 Å². The minimum absolute atomic E-state index is 0.274. The number of nitrogens with one attached hydrogen (secondary N) is 1. The molecule has 0 fully saturated rings. The van der Waals surface area contributed by atoms with Crippen molar-refractivity contribution in [3.05, 3.63) is 64.0 Å². The normalized spacial score (nSPS) is 10.2. The van der Waals surface area contributed by atoms with Crippen LogP contribution in [0.4, 0.5) is 15.8 Å². The van der Waals surface area contributed by atoms with Crippen molar-refractivity contribution in [2.45, 2.75) is 13.5 Å². The summed E-state index contributed by atoms with van der Waals surface area (Å²) in [6, 6.07) is 10.9. The summed E-state index contributed by atoms with van der Waals surface area (Å²) in [7, 11) is 0. The quantitative estimate of drug-likeness (QED) is 0.650. The SMILES string of the molecule is CCOc1ccc(CNc2cc(F)cc([N+](=O)[O-])c2)cc1. The van der Waals surface area contributed by atoms with Crippen molar-refractivity contribution < 1.29 is 14.1 Å². The van der Waals surface area contributed by atoms with Gasteiger partial charge < -0.3 is 10.1 Å². The van der Waals surface area contributed by atoms with Gasteiger partial charge in [-0.05, 0) is 30.7 Å². The predicted octanol–water partition coefficient (Wildman–Crippen LogP) is 3.74. The van der Waals surface area contributed by atoms with Gasteiger partial charge in [0.1, 0.15) is 11.6 Å². The van der Waals surface area contributed by atoms with Gasteiger partial charge in [0.15, 0.2) is 0 Å². The molecular formula is C15H15FN2O3. The Morgan fingerprint density at radius 2 is 1.95 bits per heavy atom. The Morgan fingerprint density at radius 3 is 2.57 bits per heavy atom. The van der Waals surface area contributed by atoms with Gasteiger partial charge in [-0.3, -0.25) is 10.1 Å². The molecule has 2 aromatic rings. The number of non-ortho nitro benzene ring substituents is 1. The summed E-state index contributed by atoms with van der Waals surface area (Å²) in [5.74, 6) is 0.140. The van der Waals surface area contributed by atoms with E-state index >= 15 is 0 Å². The van der Waals surface area contributed by atoms with Crippen LogP contribution in [0.25, 0.3) is 0 Å². The second-order valence-electron chi connectivity index (χ2n) is 4.39. The molecule has 0 amide bonds. The number of ether oxygens (including phenoxy) is 1. The highest BCUT2D eigenvalue weighted by atomic mass is 19.1. The van der Waals surface area contributed by atoms with Gasteiger partial charge in [-0.2, -0.15) is 0 Å². The van der Waals surface area contributed by atoms with Crippen molar-refractivity contribution in [3.63, 3.8) is 0 Å². The lowest BCUT2D eigenvalue weighted by Crippen LogP contribution is -2.01. The number of rotatable bonds is 6. The number of hydrogen-bond acceptors (Lipinski definition) is 4. The zero-order valence-corrected chi connectivity index (χ0v) is 11.5. The second kappa shape index (κ2) is 6.69. The Bertz CT molecular complexity index is 629. The third-order valence-corrected chi connectivity index (χ3v) is 2.82. The molecular weight excluding hydrogens is 275 g/mol. The Hall–Kier alpha value is -2.63. The van der Waals surface area contributed by atoms with E-state index in [9.17, 15) is 14.5 Å². The van der Waals surface area contributed by atoms with Crippen molar-refractivity contribution in [1.82, 2.24) is 0 Å². The number of nitro groups is 1. The fraction of sp³-hybridized carbons (Fsp3) is 0.200. The number of nitro benzene ring substituents is 1. The first-order chi connectivity index (χ1) is 10.1. The van der Waals surface area contributed by atoms with Crippen LogP contribution in [0.5, 0.6) is 5.75 Å². The van der Waals surface area contributed by atoms with Gasteiger partial charge >= 0.3 is 0 Å². The molecule has 0 aliphatic rings. The van der Waals surface area contributed by atoms with E-state index < -0.39 is 10.7 Å². The van der Waals surface area contributed by atoms with E-state index in [-0.39, 0.29) is 5.69 Å². The number of nitrogens with zero attached hydrogens (tertiary/aromatic N) is 1. The summed E-state index contributed by atoms with van der Waals surface area (Å²) in [6.45, 7) is 2.95. The van der Waals surface area contributed by atoms with Crippen molar-refractivity contribution in [2.75, 3.05) is 11.9 Å². The summed E-state index contributed by atoms with van der Waals surface area (Å²) < 4.78 is 18.6. The maximum Gasteiger partial charge on any atom is 0.274 e. The molecule has 0 bridgehead atoms. The van der Waals surface area contributed by atoms with Crippen LogP contribution in [0.15, 0.2) is 42.5 Å². The molecule has 0 heterocycles. The Morgan fingerprint density at radius 1 is 1.24 bits per heavy atom. The number of benzene rings is 2. The first-order valence-electron chi connectivity index (χ1n) is 6.49. The van der Waals surface area contributed by atoms with Crippen LogP contribution < -0.4 is 10.1 Å². The molecule has 2 rings (SSSR count). The van der Waals surface area contributed by atoms with E-state index in [2.05, 4.69) is 5.32 Å². The van der Waals surface area contributed by atoms with Crippen LogP contribution >= 0.6 is 0 Å². The molecule has 0 atom stereocenters. The molecule has 110 valence electrons. The average Bonchev–Trinajstić information content (AvgIpc) is 2.46. The molecule has 6 heteroatoms. The van der Waals surface area contributed by atoms with Crippen LogP contribution in [-0.4, -0.2) is 11.5 Å². The third-order valence-electron chi connectivity index (χ3n) is 2.82. The van der Waals surface area contributed by atoms with Gasteiger partial charge in [-0.15, -0.1) is 0 Å². The van der Waals surface area contributed by atoms with Crippen molar-refractivity contribution >= 4 is 11.4 Å². The topological polar surface area (TPSA) is 64.4 Å². The van der Waals surface area contributed by atoms with Gasteiger partial charge in [-0.25, -0.2) is 4.39 Å². The summed E-state index contributed by atoms with van der Waals surface area (Å²) in [6.07, 6.45) is 0. The largest absolute Gasteiger partial charge is 0.494 e. The second-order valence-corrected chi connectivity index (χ2v) is 4.39. The minimum Gasteiger partial charge on any atom is -0.494 e. The maximum atomic E-state index is 13.3. The fourth-order valence-corrected chi connectivity index (χ4v) is 1.86. The Kier molecular flexibility index (Phi) is 4.71. The minimum atomic E-state index is -0.640. The van der Waals surface area contributed by atoms with E-state index in [0.29, 0.717) is 18.8 Å². The molecule has 0 saturated heterocycles. The lowest BCUT2D eigenvalue weighted by molar-refractivity contribution is -0.385. The van der Waals surface area contributed by atoms with E-state index in [0.717, 1.165) is 17.4 Å². The first kappa shape index (κ1) is 14.8. The van der Waals surface area contributed by atoms with Crippen molar-refractivity contribution in [2.24, 2.45) is 0 Å². The lowest BCUT2D eigenvalue weighted by Gasteiger charge is -2.08. The van der Waals surface area contributed by atoms with E-state index in [1.54, 1.807) is 0 Å². The van der Waals surface area contributed by atoms with Gasteiger partial charge in [0, 0.05) is 18.3 Å². The molecule has 0 saturated carbocycles. The number of anilines is 1. The van der Waals surface area contributed by atoms with E-state index in [1.807, 2.05) is 31.2 Å². The highest BCUT2D eigenvalue weighted by Gasteiger charge is 2.09. The first-order valence-corrected chi connectivity index (χ1v) is 6.49. The molecule has 1 N–H and O–H groups in total. The molecule has 0 unspecified atom stereocenters. The number of halogens is 1. The summed E-state index contributed by atoms with van der Waals surface area (Å²) in [4.78, 5) is 10.1. The van der Waals surface area contributed by atoms with Crippen molar-refractivity contribution in [1.29, 1.82) is 0 Å². The molecule has 0 aliphatic heterocycles. The highest BCUT2D eigenvalue weighted by Crippen LogP contribution is 2.21. The smallest absolute Gasteiger partial charge is 0.274 e. The van der Waals surface area contributed by atoms with Crippen LogP contribution in [0.1, 0.15) is 12.5 Å². The molecule has 0 radical (unpaired) electrons. The zero-order chi connectivity index (χ0) is 15.2. The van der Waals surface area contributed by atoms with E-state index in [4.69, 9.17) is 4.74 Å². The van der Waals surface area contributed by atoms with Crippen LogP contribution in [0.2, 0.25) is 0 Å². The third kappa shape index (κ3) is 4.17. The van der Waals surface area contributed by atoms with E-state index in [1.165, 1.54) is 12.1 Å². The number of hydrogen-bond donors (Lipinski definition) is 1. The molecule has 0 aromatic heterocycles. The lowest BCUT2D eigenvalue weighted by atomic mass is 10.2.